The second-order valence-corrected chi connectivity index (χ2v) is 4.63. The first-order chi connectivity index (χ1) is 9.03. The SMILES string of the molecule is CC(CO)(Nc1ccc(F)cc1)c1ccc(F)cc1. The van der Waals surface area contributed by atoms with E-state index in [9.17, 15) is 13.9 Å². The Morgan fingerprint density at radius 3 is 1.89 bits per heavy atom. The Morgan fingerprint density at radius 1 is 0.947 bits per heavy atom. The van der Waals surface area contributed by atoms with Crippen molar-refractivity contribution < 1.29 is 13.9 Å². The maximum atomic E-state index is 12.9. The lowest BCUT2D eigenvalue weighted by molar-refractivity contribution is 0.224. The zero-order valence-electron chi connectivity index (χ0n) is 10.5. The standard InChI is InChI=1S/C15H15F2NO/c1-15(10-19,11-2-4-12(16)5-3-11)18-14-8-6-13(17)7-9-14/h2-9,18-19H,10H2,1H3. The van der Waals surface area contributed by atoms with E-state index in [4.69, 9.17) is 0 Å². The minimum atomic E-state index is -0.758. The number of anilines is 1. The van der Waals surface area contributed by atoms with E-state index in [2.05, 4.69) is 5.32 Å². The normalized spacial score (nSPS) is 13.9. The Hall–Kier alpha value is -1.94. The number of aliphatic hydroxyl groups excluding tert-OH is 1. The van der Waals surface area contributed by atoms with Crippen molar-refractivity contribution in [3.63, 3.8) is 0 Å². The lowest BCUT2D eigenvalue weighted by Gasteiger charge is -2.30. The summed E-state index contributed by atoms with van der Waals surface area (Å²) in [5.74, 6) is -0.649. The van der Waals surface area contributed by atoms with Crippen molar-refractivity contribution in [1.29, 1.82) is 0 Å². The molecule has 2 nitrogen and oxygen atoms in total. The fourth-order valence-corrected chi connectivity index (χ4v) is 1.87. The van der Waals surface area contributed by atoms with E-state index >= 15 is 0 Å². The molecule has 0 heterocycles. The molecule has 0 spiro atoms. The zero-order chi connectivity index (χ0) is 13.9. The lowest BCUT2D eigenvalue weighted by atomic mass is 9.92. The molecule has 0 bridgehead atoms. The van der Waals surface area contributed by atoms with Crippen LogP contribution in [-0.4, -0.2) is 11.7 Å². The van der Waals surface area contributed by atoms with Crippen LogP contribution in [0.4, 0.5) is 14.5 Å². The molecule has 0 aliphatic rings. The van der Waals surface area contributed by atoms with Crippen LogP contribution >= 0.6 is 0 Å². The maximum absolute atomic E-state index is 12.9. The monoisotopic (exact) mass is 263 g/mol. The van der Waals surface area contributed by atoms with E-state index in [-0.39, 0.29) is 18.2 Å². The van der Waals surface area contributed by atoms with E-state index in [1.165, 1.54) is 24.3 Å². The molecule has 4 heteroatoms. The number of rotatable bonds is 4. The minimum absolute atomic E-state index is 0.171. The van der Waals surface area contributed by atoms with Gasteiger partial charge in [-0.25, -0.2) is 8.78 Å². The zero-order valence-corrected chi connectivity index (χ0v) is 10.5. The highest BCUT2D eigenvalue weighted by atomic mass is 19.1. The summed E-state index contributed by atoms with van der Waals surface area (Å²) in [7, 11) is 0. The number of hydrogen-bond acceptors (Lipinski definition) is 2. The molecule has 2 N–H and O–H groups in total. The van der Waals surface area contributed by atoms with Crippen molar-refractivity contribution in [3.05, 3.63) is 65.7 Å². The van der Waals surface area contributed by atoms with Gasteiger partial charge < -0.3 is 10.4 Å². The topological polar surface area (TPSA) is 32.3 Å². The molecule has 1 atom stereocenters. The Labute approximate surface area is 110 Å². The molecule has 19 heavy (non-hydrogen) atoms. The van der Waals surface area contributed by atoms with Crippen molar-refractivity contribution in [1.82, 2.24) is 0 Å². The summed E-state index contributed by atoms with van der Waals surface area (Å²) in [5.41, 5.74) is 0.675. The number of halogens is 2. The van der Waals surface area contributed by atoms with Crippen LogP contribution in [0.15, 0.2) is 48.5 Å². The Balaban J connectivity index is 2.27. The van der Waals surface area contributed by atoms with Gasteiger partial charge >= 0.3 is 0 Å². The van der Waals surface area contributed by atoms with E-state index in [0.717, 1.165) is 5.56 Å². The Morgan fingerprint density at radius 2 is 1.42 bits per heavy atom. The molecular weight excluding hydrogens is 248 g/mol. The van der Waals surface area contributed by atoms with Crippen molar-refractivity contribution >= 4 is 5.69 Å². The van der Waals surface area contributed by atoms with Gasteiger partial charge in [-0.15, -0.1) is 0 Å². The van der Waals surface area contributed by atoms with Gasteiger partial charge in [0.1, 0.15) is 11.6 Å². The van der Waals surface area contributed by atoms with Gasteiger partial charge in [-0.1, -0.05) is 12.1 Å². The van der Waals surface area contributed by atoms with Crippen molar-refractivity contribution in [2.45, 2.75) is 12.5 Å². The highest BCUT2D eigenvalue weighted by molar-refractivity contribution is 5.47. The van der Waals surface area contributed by atoms with Crippen LogP contribution in [0.25, 0.3) is 0 Å². The summed E-state index contributed by atoms with van der Waals surface area (Å²) in [4.78, 5) is 0. The van der Waals surface area contributed by atoms with Gasteiger partial charge in [0, 0.05) is 5.69 Å². The molecule has 0 saturated heterocycles. The third-order valence-electron chi connectivity index (χ3n) is 3.06. The molecule has 0 aliphatic heterocycles. The number of nitrogens with one attached hydrogen (secondary N) is 1. The Kier molecular flexibility index (Phi) is 3.81. The van der Waals surface area contributed by atoms with Gasteiger partial charge in [0.15, 0.2) is 0 Å². The molecular formula is C15H15F2NO. The molecule has 0 radical (unpaired) electrons. The summed E-state index contributed by atoms with van der Waals surface area (Å²) in [6.07, 6.45) is 0. The summed E-state index contributed by atoms with van der Waals surface area (Å²) in [6, 6.07) is 11.8. The van der Waals surface area contributed by atoms with Gasteiger partial charge in [0.2, 0.25) is 0 Å². The molecule has 100 valence electrons. The van der Waals surface area contributed by atoms with Gasteiger partial charge in [-0.05, 0) is 48.9 Å². The van der Waals surface area contributed by atoms with Crippen molar-refractivity contribution in [3.8, 4) is 0 Å². The van der Waals surface area contributed by atoms with E-state index < -0.39 is 5.54 Å². The van der Waals surface area contributed by atoms with Crippen LogP contribution in [0.1, 0.15) is 12.5 Å². The second kappa shape index (κ2) is 5.36. The minimum Gasteiger partial charge on any atom is -0.394 e. The summed E-state index contributed by atoms with van der Waals surface area (Å²) in [5, 5.41) is 12.7. The molecule has 2 aromatic rings. The first kappa shape index (κ1) is 13.5. The van der Waals surface area contributed by atoms with Gasteiger partial charge in [0.25, 0.3) is 0 Å². The fraction of sp³-hybridized carbons (Fsp3) is 0.200. The number of aliphatic hydroxyl groups is 1. The van der Waals surface area contributed by atoms with Crippen LogP contribution in [0.3, 0.4) is 0 Å². The average Bonchev–Trinajstić information content (AvgIpc) is 2.42. The van der Waals surface area contributed by atoms with Crippen LogP contribution in [0.5, 0.6) is 0 Å². The molecule has 0 aromatic heterocycles. The molecule has 2 rings (SSSR count). The van der Waals surface area contributed by atoms with Gasteiger partial charge in [-0.2, -0.15) is 0 Å². The van der Waals surface area contributed by atoms with E-state index in [1.54, 1.807) is 31.2 Å². The summed E-state index contributed by atoms with van der Waals surface area (Å²) in [6.45, 7) is 1.62. The molecule has 0 saturated carbocycles. The van der Waals surface area contributed by atoms with Crippen LogP contribution in [-0.2, 0) is 5.54 Å². The van der Waals surface area contributed by atoms with E-state index in [1.807, 2.05) is 0 Å². The summed E-state index contributed by atoms with van der Waals surface area (Å²) < 4.78 is 25.8. The summed E-state index contributed by atoms with van der Waals surface area (Å²) >= 11 is 0. The third kappa shape index (κ3) is 3.09. The van der Waals surface area contributed by atoms with Crippen LogP contribution < -0.4 is 5.32 Å². The second-order valence-electron chi connectivity index (χ2n) is 4.63. The molecule has 0 aliphatic carbocycles. The van der Waals surface area contributed by atoms with Crippen LogP contribution in [0.2, 0.25) is 0 Å². The predicted molar refractivity (Wildman–Crippen MR) is 70.9 cm³/mol. The predicted octanol–water partition coefficient (Wildman–Crippen LogP) is 3.28. The molecule has 0 amide bonds. The van der Waals surface area contributed by atoms with Gasteiger partial charge in [0.05, 0.1) is 12.1 Å². The highest BCUT2D eigenvalue weighted by Gasteiger charge is 2.25. The fourth-order valence-electron chi connectivity index (χ4n) is 1.87. The lowest BCUT2D eigenvalue weighted by Crippen LogP contribution is -2.35. The highest BCUT2D eigenvalue weighted by Crippen LogP contribution is 2.26. The average molecular weight is 263 g/mol. The number of hydrogen-bond donors (Lipinski definition) is 2. The smallest absolute Gasteiger partial charge is 0.123 e. The quantitative estimate of drug-likeness (QED) is 0.887. The van der Waals surface area contributed by atoms with Crippen LogP contribution in [0, 0.1) is 11.6 Å². The van der Waals surface area contributed by atoms with Crippen molar-refractivity contribution in [2.75, 3.05) is 11.9 Å². The molecule has 0 fully saturated rings. The Bertz CT molecular complexity index is 539. The first-order valence-electron chi connectivity index (χ1n) is 5.94. The maximum Gasteiger partial charge on any atom is 0.123 e. The molecule has 1 unspecified atom stereocenters. The molecule has 2 aromatic carbocycles. The number of benzene rings is 2. The van der Waals surface area contributed by atoms with E-state index in [0.29, 0.717) is 5.69 Å². The first-order valence-corrected chi connectivity index (χ1v) is 5.94. The van der Waals surface area contributed by atoms with Gasteiger partial charge in [-0.3, -0.25) is 0 Å². The van der Waals surface area contributed by atoms with Crippen molar-refractivity contribution in [2.24, 2.45) is 0 Å². The third-order valence-corrected chi connectivity index (χ3v) is 3.06. The largest absolute Gasteiger partial charge is 0.394 e.